The van der Waals surface area contributed by atoms with Crippen LogP contribution in [0.5, 0.6) is 0 Å². The second-order valence-corrected chi connectivity index (χ2v) is 4.19. The van der Waals surface area contributed by atoms with Gasteiger partial charge >= 0.3 is 0 Å². The van der Waals surface area contributed by atoms with Gasteiger partial charge in [0, 0.05) is 16.9 Å². The molecule has 0 aromatic heterocycles. The highest BCUT2D eigenvalue weighted by atomic mass is 79.9. The molecule has 1 aromatic carbocycles. The van der Waals surface area contributed by atoms with Crippen LogP contribution in [0.2, 0.25) is 0 Å². The van der Waals surface area contributed by atoms with Crippen LogP contribution < -0.4 is 5.32 Å². The van der Waals surface area contributed by atoms with Crippen LogP contribution in [0.1, 0.15) is 24.8 Å². The molecule has 1 atom stereocenters. The highest BCUT2D eigenvalue weighted by molar-refractivity contribution is 9.10. The third-order valence-electron chi connectivity index (χ3n) is 2.54. The van der Waals surface area contributed by atoms with Crippen molar-refractivity contribution in [2.75, 3.05) is 11.9 Å². The summed E-state index contributed by atoms with van der Waals surface area (Å²) in [5.74, 6) is 0.301. The van der Waals surface area contributed by atoms with E-state index < -0.39 is 0 Å². The molecule has 1 heterocycles. The number of anilines is 1. The Hall–Kier alpha value is -0.570. The first-order valence-electron chi connectivity index (χ1n) is 4.45. The molecule has 0 bridgehead atoms. The molecule has 2 rings (SSSR count). The summed E-state index contributed by atoms with van der Waals surface area (Å²) in [5, 5.41) is 3.28. The first-order valence-corrected chi connectivity index (χ1v) is 5.24. The molecule has 0 fully saturated rings. The number of hydrogen-bond acceptors (Lipinski definition) is 1. The maximum absolute atomic E-state index is 13.1. The summed E-state index contributed by atoms with van der Waals surface area (Å²) in [6, 6.07) is 3.14. The van der Waals surface area contributed by atoms with E-state index in [-0.39, 0.29) is 5.82 Å². The molecule has 1 N–H and O–H groups in total. The van der Waals surface area contributed by atoms with E-state index in [1.165, 1.54) is 6.07 Å². The lowest BCUT2D eigenvalue weighted by Gasteiger charge is -2.06. The van der Waals surface area contributed by atoms with Crippen molar-refractivity contribution in [3.63, 3.8) is 0 Å². The number of halogens is 2. The summed E-state index contributed by atoms with van der Waals surface area (Å²) in [6.45, 7) is 3.05. The summed E-state index contributed by atoms with van der Waals surface area (Å²) in [7, 11) is 0. The van der Waals surface area contributed by atoms with Crippen LogP contribution in [0.25, 0.3) is 0 Å². The summed E-state index contributed by atoms with van der Waals surface area (Å²) < 4.78 is 13.9. The minimum atomic E-state index is -0.159. The molecule has 3 heteroatoms. The van der Waals surface area contributed by atoms with Gasteiger partial charge in [-0.1, -0.05) is 6.92 Å². The summed E-state index contributed by atoms with van der Waals surface area (Å²) in [4.78, 5) is 0. The van der Waals surface area contributed by atoms with Gasteiger partial charge in [0.05, 0.1) is 5.69 Å². The molecule has 0 aliphatic carbocycles. The Kier molecular flexibility index (Phi) is 2.28. The highest BCUT2D eigenvalue weighted by Crippen LogP contribution is 2.38. The summed E-state index contributed by atoms with van der Waals surface area (Å²) in [5.41, 5.74) is 2.17. The van der Waals surface area contributed by atoms with Gasteiger partial charge in [0.2, 0.25) is 0 Å². The van der Waals surface area contributed by atoms with Gasteiger partial charge in [0.15, 0.2) is 0 Å². The third-order valence-corrected chi connectivity index (χ3v) is 3.17. The molecule has 1 nitrogen and oxygen atoms in total. The Bertz CT molecular complexity index is 338. The smallest absolute Gasteiger partial charge is 0.124 e. The second kappa shape index (κ2) is 3.29. The van der Waals surface area contributed by atoms with Crippen molar-refractivity contribution >= 4 is 21.6 Å². The quantitative estimate of drug-likeness (QED) is 0.797. The zero-order valence-electron chi connectivity index (χ0n) is 7.40. The first kappa shape index (κ1) is 9.00. The van der Waals surface area contributed by atoms with Crippen LogP contribution in [0.4, 0.5) is 10.1 Å². The van der Waals surface area contributed by atoms with E-state index in [0.717, 1.165) is 28.7 Å². The van der Waals surface area contributed by atoms with Gasteiger partial charge in [-0.2, -0.15) is 0 Å². The number of fused-ring (bicyclic) bond motifs is 1. The van der Waals surface area contributed by atoms with Gasteiger partial charge in [-0.15, -0.1) is 0 Å². The molecule has 0 radical (unpaired) electrons. The molecule has 1 unspecified atom stereocenters. The Morgan fingerprint density at radius 3 is 3.08 bits per heavy atom. The molecule has 1 aliphatic heterocycles. The van der Waals surface area contributed by atoms with Gasteiger partial charge in [-0.3, -0.25) is 0 Å². The molecule has 0 spiro atoms. The monoisotopic (exact) mass is 243 g/mol. The van der Waals surface area contributed by atoms with E-state index >= 15 is 0 Å². The van der Waals surface area contributed by atoms with E-state index in [0.29, 0.717) is 5.92 Å². The lowest BCUT2D eigenvalue weighted by atomic mass is 9.99. The van der Waals surface area contributed by atoms with E-state index in [1.54, 1.807) is 6.07 Å². The maximum atomic E-state index is 13.1. The van der Waals surface area contributed by atoms with Gasteiger partial charge in [-0.05, 0) is 40.0 Å². The van der Waals surface area contributed by atoms with Gasteiger partial charge in [0.1, 0.15) is 5.82 Å². The van der Waals surface area contributed by atoms with Crippen LogP contribution >= 0.6 is 15.9 Å². The normalized spacial score (nSPS) is 19.8. The van der Waals surface area contributed by atoms with Crippen molar-refractivity contribution in [3.8, 4) is 0 Å². The minimum Gasteiger partial charge on any atom is -0.383 e. The van der Waals surface area contributed by atoms with Gasteiger partial charge in [0.25, 0.3) is 0 Å². The number of hydrogen-bond donors (Lipinski definition) is 1. The SMILES string of the molecule is CCC1CNc2c(Br)cc(F)cc21. The molecule has 0 saturated carbocycles. The number of nitrogens with one attached hydrogen (secondary N) is 1. The molecule has 0 amide bonds. The zero-order valence-corrected chi connectivity index (χ0v) is 8.99. The zero-order chi connectivity index (χ0) is 9.42. The van der Waals surface area contributed by atoms with Crippen LogP contribution in [-0.4, -0.2) is 6.54 Å². The second-order valence-electron chi connectivity index (χ2n) is 3.34. The molecule has 1 aliphatic rings. The van der Waals surface area contributed by atoms with Gasteiger partial charge in [-0.25, -0.2) is 4.39 Å². The van der Waals surface area contributed by atoms with Crippen molar-refractivity contribution in [2.24, 2.45) is 0 Å². The third kappa shape index (κ3) is 1.46. The molecule has 70 valence electrons. The van der Waals surface area contributed by atoms with Crippen molar-refractivity contribution < 1.29 is 4.39 Å². The van der Waals surface area contributed by atoms with Crippen molar-refractivity contribution in [1.29, 1.82) is 0 Å². The Labute approximate surface area is 85.5 Å². The van der Waals surface area contributed by atoms with E-state index in [1.807, 2.05) is 0 Å². The lowest BCUT2D eigenvalue weighted by Crippen LogP contribution is -1.99. The number of rotatable bonds is 1. The van der Waals surface area contributed by atoms with E-state index in [9.17, 15) is 4.39 Å². The Morgan fingerprint density at radius 1 is 1.62 bits per heavy atom. The molecular weight excluding hydrogens is 233 g/mol. The molecule has 0 saturated heterocycles. The van der Waals surface area contributed by atoms with Crippen LogP contribution in [0.3, 0.4) is 0 Å². The maximum Gasteiger partial charge on any atom is 0.124 e. The fraction of sp³-hybridized carbons (Fsp3) is 0.400. The fourth-order valence-corrected chi connectivity index (χ4v) is 2.39. The van der Waals surface area contributed by atoms with E-state index in [4.69, 9.17) is 0 Å². The average Bonchev–Trinajstić information content (AvgIpc) is 2.47. The van der Waals surface area contributed by atoms with Crippen LogP contribution in [-0.2, 0) is 0 Å². The topological polar surface area (TPSA) is 12.0 Å². The molecule has 1 aromatic rings. The first-order chi connectivity index (χ1) is 6.22. The predicted molar refractivity (Wildman–Crippen MR) is 55.6 cm³/mol. The van der Waals surface area contributed by atoms with Gasteiger partial charge < -0.3 is 5.32 Å². The van der Waals surface area contributed by atoms with Crippen molar-refractivity contribution in [2.45, 2.75) is 19.3 Å². The van der Waals surface area contributed by atoms with Crippen LogP contribution in [0.15, 0.2) is 16.6 Å². The highest BCUT2D eigenvalue weighted by Gasteiger charge is 2.23. The Morgan fingerprint density at radius 2 is 2.38 bits per heavy atom. The fourth-order valence-electron chi connectivity index (χ4n) is 1.80. The lowest BCUT2D eigenvalue weighted by molar-refractivity contribution is 0.621. The summed E-state index contributed by atoms with van der Waals surface area (Å²) >= 11 is 3.35. The van der Waals surface area contributed by atoms with Crippen molar-refractivity contribution in [1.82, 2.24) is 0 Å². The van der Waals surface area contributed by atoms with E-state index in [2.05, 4.69) is 28.2 Å². The summed E-state index contributed by atoms with van der Waals surface area (Å²) in [6.07, 6.45) is 1.05. The predicted octanol–water partition coefficient (Wildman–Crippen LogP) is 3.51. The van der Waals surface area contributed by atoms with Crippen molar-refractivity contribution in [3.05, 3.63) is 28.0 Å². The largest absolute Gasteiger partial charge is 0.383 e. The molecular formula is C10H11BrFN. The number of benzene rings is 1. The minimum absolute atomic E-state index is 0.159. The standard InChI is InChI=1S/C10H11BrFN/c1-2-6-5-13-10-8(6)3-7(12)4-9(10)11/h3-4,6,13H,2,5H2,1H3. The molecule has 13 heavy (non-hydrogen) atoms. The van der Waals surface area contributed by atoms with Crippen LogP contribution in [0, 0.1) is 5.82 Å². The average molecular weight is 244 g/mol. The Balaban J connectivity index is 2.51.